The molecule has 0 atom stereocenters. The number of benzene rings is 2. The standard InChI is InChI=1S/C18H15NO/c1-2-15-10-12-17(13-11-15)19(18-9-6-14-20-18)16-7-4-3-5-8-16/h2-14H,1H2. The fourth-order valence-corrected chi connectivity index (χ4v) is 2.14. The molecule has 3 aromatic rings. The topological polar surface area (TPSA) is 16.4 Å². The van der Waals surface area contributed by atoms with E-state index < -0.39 is 0 Å². The summed E-state index contributed by atoms with van der Waals surface area (Å²) in [6.07, 6.45) is 3.52. The molecule has 0 spiro atoms. The van der Waals surface area contributed by atoms with Crippen molar-refractivity contribution < 1.29 is 4.42 Å². The van der Waals surface area contributed by atoms with Crippen LogP contribution < -0.4 is 4.90 Å². The predicted octanol–water partition coefficient (Wildman–Crippen LogP) is 5.39. The van der Waals surface area contributed by atoms with Crippen LogP contribution >= 0.6 is 0 Å². The zero-order valence-corrected chi connectivity index (χ0v) is 11.1. The largest absolute Gasteiger partial charge is 0.448 e. The Labute approximate surface area is 118 Å². The Balaban J connectivity index is 2.07. The predicted molar refractivity (Wildman–Crippen MR) is 83.5 cm³/mol. The Morgan fingerprint density at radius 3 is 2.10 bits per heavy atom. The maximum Gasteiger partial charge on any atom is 0.204 e. The second-order valence-corrected chi connectivity index (χ2v) is 4.42. The van der Waals surface area contributed by atoms with Crippen molar-refractivity contribution in [2.24, 2.45) is 0 Å². The second kappa shape index (κ2) is 5.49. The molecule has 0 N–H and O–H groups in total. The van der Waals surface area contributed by atoms with Gasteiger partial charge >= 0.3 is 0 Å². The Morgan fingerprint density at radius 2 is 1.50 bits per heavy atom. The maximum atomic E-state index is 5.57. The number of hydrogen-bond acceptors (Lipinski definition) is 2. The normalized spacial score (nSPS) is 10.2. The third-order valence-electron chi connectivity index (χ3n) is 3.13. The number of rotatable bonds is 4. The van der Waals surface area contributed by atoms with Crippen molar-refractivity contribution >= 4 is 23.3 Å². The van der Waals surface area contributed by atoms with Crippen molar-refractivity contribution in [3.05, 3.63) is 85.1 Å². The van der Waals surface area contributed by atoms with Crippen LogP contribution in [0.1, 0.15) is 5.56 Å². The Bertz CT molecular complexity index is 669. The van der Waals surface area contributed by atoms with E-state index in [9.17, 15) is 0 Å². The van der Waals surface area contributed by atoms with Gasteiger partial charge in [-0.15, -0.1) is 0 Å². The molecule has 0 aliphatic rings. The zero-order valence-electron chi connectivity index (χ0n) is 11.1. The van der Waals surface area contributed by atoms with Crippen LogP contribution in [-0.2, 0) is 0 Å². The molecule has 2 heteroatoms. The summed E-state index contributed by atoms with van der Waals surface area (Å²) in [5.41, 5.74) is 3.21. The maximum absolute atomic E-state index is 5.57. The lowest BCUT2D eigenvalue weighted by atomic mass is 10.2. The number of hydrogen-bond donors (Lipinski definition) is 0. The van der Waals surface area contributed by atoms with Crippen LogP contribution in [0.3, 0.4) is 0 Å². The van der Waals surface area contributed by atoms with Gasteiger partial charge in [-0.2, -0.15) is 0 Å². The SMILES string of the molecule is C=Cc1ccc(N(c2ccccc2)c2ccco2)cc1. The van der Waals surface area contributed by atoms with Crippen LogP contribution in [0.5, 0.6) is 0 Å². The number of para-hydroxylation sites is 1. The summed E-state index contributed by atoms with van der Waals surface area (Å²) in [5, 5.41) is 0. The van der Waals surface area contributed by atoms with Gasteiger partial charge in [-0.3, -0.25) is 4.90 Å². The lowest BCUT2D eigenvalue weighted by molar-refractivity contribution is 0.574. The highest BCUT2D eigenvalue weighted by Gasteiger charge is 2.13. The Hall–Kier alpha value is -2.74. The van der Waals surface area contributed by atoms with E-state index in [0.717, 1.165) is 22.8 Å². The summed E-state index contributed by atoms with van der Waals surface area (Å²) in [6, 6.07) is 22.2. The third kappa shape index (κ3) is 2.36. The van der Waals surface area contributed by atoms with E-state index in [1.54, 1.807) is 6.26 Å². The highest BCUT2D eigenvalue weighted by Crippen LogP contribution is 2.34. The first-order chi connectivity index (χ1) is 9.88. The van der Waals surface area contributed by atoms with Crippen molar-refractivity contribution in [1.29, 1.82) is 0 Å². The van der Waals surface area contributed by atoms with Gasteiger partial charge in [0.1, 0.15) is 0 Å². The lowest BCUT2D eigenvalue weighted by Gasteiger charge is -2.22. The fourth-order valence-electron chi connectivity index (χ4n) is 2.14. The van der Waals surface area contributed by atoms with Crippen molar-refractivity contribution in [2.45, 2.75) is 0 Å². The quantitative estimate of drug-likeness (QED) is 0.625. The fraction of sp³-hybridized carbons (Fsp3) is 0. The first kappa shape index (κ1) is 12.3. The number of anilines is 3. The Kier molecular flexibility index (Phi) is 3.38. The van der Waals surface area contributed by atoms with Gasteiger partial charge in [0.25, 0.3) is 0 Å². The zero-order chi connectivity index (χ0) is 13.8. The van der Waals surface area contributed by atoms with Gasteiger partial charge in [-0.05, 0) is 35.9 Å². The molecule has 0 aliphatic carbocycles. The van der Waals surface area contributed by atoms with Gasteiger partial charge in [0.15, 0.2) is 0 Å². The van der Waals surface area contributed by atoms with Gasteiger partial charge < -0.3 is 4.42 Å². The number of furan rings is 1. The van der Waals surface area contributed by atoms with Crippen LogP contribution in [0.25, 0.3) is 6.08 Å². The van der Waals surface area contributed by atoms with Crippen LogP contribution in [0, 0.1) is 0 Å². The highest BCUT2D eigenvalue weighted by atomic mass is 16.3. The minimum absolute atomic E-state index is 0.794. The molecule has 0 aliphatic heterocycles. The van der Waals surface area contributed by atoms with Gasteiger partial charge in [-0.1, -0.05) is 43.0 Å². The molecule has 1 heterocycles. The third-order valence-corrected chi connectivity index (χ3v) is 3.13. The molecular formula is C18H15NO. The average Bonchev–Trinajstić information content (AvgIpc) is 3.03. The second-order valence-electron chi connectivity index (χ2n) is 4.42. The van der Waals surface area contributed by atoms with Crippen molar-refractivity contribution in [1.82, 2.24) is 0 Å². The molecule has 0 fully saturated rings. The van der Waals surface area contributed by atoms with E-state index >= 15 is 0 Å². The highest BCUT2D eigenvalue weighted by molar-refractivity contribution is 5.74. The van der Waals surface area contributed by atoms with Crippen LogP contribution in [-0.4, -0.2) is 0 Å². The molecule has 0 saturated heterocycles. The summed E-state index contributed by atoms with van der Waals surface area (Å²) in [7, 11) is 0. The molecule has 0 amide bonds. The molecule has 1 aromatic heterocycles. The minimum atomic E-state index is 0.794. The molecule has 0 saturated carbocycles. The van der Waals surface area contributed by atoms with Crippen molar-refractivity contribution in [3.63, 3.8) is 0 Å². The van der Waals surface area contributed by atoms with E-state index in [2.05, 4.69) is 35.7 Å². The van der Waals surface area contributed by atoms with E-state index in [0.29, 0.717) is 0 Å². The summed E-state index contributed by atoms with van der Waals surface area (Å²) in [6.45, 7) is 3.78. The van der Waals surface area contributed by atoms with Crippen LogP contribution in [0.15, 0.2) is 84.0 Å². The molecule has 0 bridgehead atoms. The molecular weight excluding hydrogens is 246 g/mol. The first-order valence-electron chi connectivity index (χ1n) is 6.49. The molecule has 20 heavy (non-hydrogen) atoms. The van der Waals surface area contributed by atoms with E-state index in [-0.39, 0.29) is 0 Å². The van der Waals surface area contributed by atoms with Crippen molar-refractivity contribution in [3.8, 4) is 0 Å². The molecule has 0 radical (unpaired) electrons. The van der Waals surface area contributed by atoms with E-state index in [1.165, 1.54) is 0 Å². The average molecular weight is 261 g/mol. The van der Waals surface area contributed by atoms with Crippen LogP contribution in [0.4, 0.5) is 17.3 Å². The summed E-state index contributed by atoms with van der Waals surface area (Å²) >= 11 is 0. The lowest BCUT2D eigenvalue weighted by Crippen LogP contribution is -2.08. The van der Waals surface area contributed by atoms with Gasteiger partial charge in [0.2, 0.25) is 5.88 Å². The van der Waals surface area contributed by atoms with Crippen molar-refractivity contribution in [2.75, 3.05) is 4.90 Å². The number of nitrogens with zero attached hydrogens (tertiary/aromatic N) is 1. The molecule has 2 aromatic carbocycles. The molecule has 98 valence electrons. The minimum Gasteiger partial charge on any atom is -0.448 e. The summed E-state index contributed by atoms with van der Waals surface area (Å²) < 4.78 is 5.57. The summed E-state index contributed by atoms with van der Waals surface area (Å²) in [5.74, 6) is 0.794. The van der Waals surface area contributed by atoms with Gasteiger partial charge in [0.05, 0.1) is 6.26 Å². The monoisotopic (exact) mass is 261 g/mol. The van der Waals surface area contributed by atoms with Crippen LogP contribution in [0.2, 0.25) is 0 Å². The molecule has 3 rings (SSSR count). The van der Waals surface area contributed by atoms with Gasteiger partial charge in [-0.25, -0.2) is 0 Å². The van der Waals surface area contributed by atoms with E-state index in [1.807, 2.05) is 48.5 Å². The first-order valence-corrected chi connectivity index (χ1v) is 6.49. The molecule has 2 nitrogen and oxygen atoms in total. The van der Waals surface area contributed by atoms with E-state index in [4.69, 9.17) is 4.42 Å². The summed E-state index contributed by atoms with van der Waals surface area (Å²) in [4.78, 5) is 2.08. The van der Waals surface area contributed by atoms with Gasteiger partial charge in [0, 0.05) is 17.4 Å². The smallest absolute Gasteiger partial charge is 0.204 e. The molecule has 0 unspecified atom stereocenters. The Morgan fingerprint density at radius 1 is 0.800 bits per heavy atom.